The minimum atomic E-state index is -2.51. The number of furan rings is 1. The predicted octanol–water partition coefficient (Wildman–Crippen LogP) is 4.11. The number of anilines is 1. The second kappa shape index (κ2) is 6.38. The molecular formula is C12H10F2N2O3S. The molecule has 1 aromatic heterocycles. The van der Waals surface area contributed by atoms with E-state index in [0.29, 0.717) is 28.1 Å². The monoisotopic (exact) mass is 300 g/mol. The molecule has 2 aromatic rings. The zero-order valence-electron chi connectivity index (χ0n) is 10.1. The van der Waals surface area contributed by atoms with Crippen LogP contribution in [0.15, 0.2) is 45.7 Å². The molecule has 1 heterocycles. The largest absolute Gasteiger partial charge is 0.433 e. The highest BCUT2D eigenvalue weighted by molar-refractivity contribution is 7.99. The van der Waals surface area contributed by atoms with Crippen molar-refractivity contribution in [2.75, 3.05) is 5.32 Å². The molecule has 0 atom stereocenters. The van der Waals surface area contributed by atoms with E-state index in [4.69, 9.17) is 4.42 Å². The first-order valence-electron chi connectivity index (χ1n) is 5.57. The highest BCUT2D eigenvalue weighted by atomic mass is 32.2. The fourth-order valence-corrected chi connectivity index (χ4v) is 2.17. The number of alkyl halides is 2. The van der Waals surface area contributed by atoms with Crippen molar-refractivity contribution in [3.63, 3.8) is 0 Å². The minimum Gasteiger partial charge on any atom is -0.404 e. The van der Waals surface area contributed by atoms with Gasteiger partial charge in [0, 0.05) is 10.6 Å². The number of benzene rings is 1. The van der Waals surface area contributed by atoms with E-state index in [1.807, 2.05) is 0 Å². The van der Waals surface area contributed by atoms with Crippen LogP contribution in [0.1, 0.15) is 5.76 Å². The van der Waals surface area contributed by atoms with Crippen molar-refractivity contribution in [1.82, 2.24) is 0 Å². The molecule has 5 nitrogen and oxygen atoms in total. The Balaban J connectivity index is 2.04. The van der Waals surface area contributed by atoms with Gasteiger partial charge in [-0.25, -0.2) is 0 Å². The summed E-state index contributed by atoms with van der Waals surface area (Å²) in [7, 11) is 0. The van der Waals surface area contributed by atoms with Gasteiger partial charge in [0.15, 0.2) is 0 Å². The Hall–Kier alpha value is -2.09. The van der Waals surface area contributed by atoms with Crippen LogP contribution < -0.4 is 5.32 Å². The van der Waals surface area contributed by atoms with Gasteiger partial charge < -0.3 is 9.73 Å². The SMILES string of the molecule is O=[N+]([O-])c1ccc(CNc2ccccc2SC(F)F)o1. The zero-order valence-corrected chi connectivity index (χ0v) is 10.9. The Morgan fingerprint density at radius 1 is 1.30 bits per heavy atom. The number of nitrogens with zero attached hydrogens (tertiary/aromatic N) is 1. The van der Waals surface area contributed by atoms with E-state index in [-0.39, 0.29) is 12.4 Å². The number of halogens is 2. The highest BCUT2D eigenvalue weighted by Crippen LogP contribution is 2.32. The van der Waals surface area contributed by atoms with Gasteiger partial charge in [0.2, 0.25) is 0 Å². The molecule has 0 unspecified atom stereocenters. The Morgan fingerprint density at radius 2 is 2.05 bits per heavy atom. The first kappa shape index (κ1) is 14.3. The number of para-hydroxylation sites is 1. The molecule has 0 amide bonds. The molecule has 8 heteroatoms. The number of nitrogens with one attached hydrogen (secondary N) is 1. The number of rotatable bonds is 6. The van der Waals surface area contributed by atoms with Gasteiger partial charge in [-0.05, 0) is 18.2 Å². The maximum atomic E-state index is 12.4. The van der Waals surface area contributed by atoms with E-state index in [2.05, 4.69) is 5.32 Å². The topological polar surface area (TPSA) is 68.3 Å². The molecule has 1 aromatic carbocycles. The first-order chi connectivity index (χ1) is 9.56. The summed E-state index contributed by atoms with van der Waals surface area (Å²) in [6, 6.07) is 9.31. The van der Waals surface area contributed by atoms with Gasteiger partial charge in [-0.15, -0.1) is 0 Å². The first-order valence-corrected chi connectivity index (χ1v) is 6.45. The molecular weight excluding hydrogens is 290 g/mol. The molecule has 0 bridgehead atoms. The Bertz CT molecular complexity index is 604. The van der Waals surface area contributed by atoms with Gasteiger partial charge in [-0.3, -0.25) is 10.1 Å². The quantitative estimate of drug-likeness (QED) is 0.494. The van der Waals surface area contributed by atoms with Gasteiger partial charge in [0.05, 0.1) is 12.6 Å². The lowest BCUT2D eigenvalue weighted by Gasteiger charge is -2.09. The summed E-state index contributed by atoms with van der Waals surface area (Å²) in [6.07, 6.45) is 0. The van der Waals surface area contributed by atoms with Crippen molar-refractivity contribution in [2.45, 2.75) is 17.2 Å². The molecule has 0 saturated heterocycles. The van der Waals surface area contributed by atoms with Gasteiger partial charge in [-0.2, -0.15) is 8.78 Å². The van der Waals surface area contributed by atoms with E-state index < -0.39 is 10.7 Å². The van der Waals surface area contributed by atoms with Crippen molar-refractivity contribution < 1.29 is 18.1 Å². The normalized spacial score (nSPS) is 10.8. The van der Waals surface area contributed by atoms with E-state index in [9.17, 15) is 18.9 Å². The second-order valence-corrected chi connectivity index (χ2v) is 4.76. The summed E-state index contributed by atoms with van der Waals surface area (Å²) in [6.45, 7) is 0.175. The molecule has 20 heavy (non-hydrogen) atoms. The van der Waals surface area contributed by atoms with Crippen molar-refractivity contribution in [2.24, 2.45) is 0 Å². The van der Waals surface area contributed by atoms with Crippen LogP contribution >= 0.6 is 11.8 Å². The Kier molecular flexibility index (Phi) is 4.57. The lowest BCUT2D eigenvalue weighted by molar-refractivity contribution is -0.402. The summed E-state index contributed by atoms with van der Waals surface area (Å²) in [5.41, 5.74) is 0.525. The minimum absolute atomic E-state index is 0.175. The number of hydrogen-bond acceptors (Lipinski definition) is 5. The summed E-state index contributed by atoms with van der Waals surface area (Å²) in [5.74, 6) is -2.51. The summed E-state index contributed by atoms with van der Waals surface area (Å²) < 4.78 is 29.8. The molecule has 0 aliphatic rings. The lowest BCUT2D eigenvalue weighted by atomic mass is 10.3. The average Bonchev–Trinajstić information content (AvgIpc) is 2.86. The lowest BCUT2D eigenvalue weighted by Crippen LogP contribution is -2.00. The van der Waals surface area contributed by atoms with Gasteiger partial charge in [-0.1, -0.05) is 23.9 Å². The maximum Gasteiger partial charge on any atom is 0.433 e. The van der Waals surface area contributed by atoms with E-state index in [0.717, 1.165) is 0 Å². The molecule has 106 valence electrons. The van der Waals surface area contributed by atoms with Gasteiger partial charge >= 0.3 is 5.88 Å². The molecule has 0 aliphatic carbocycles. The average molecular weight is 300 g/mol. The Labute approximate surface area is 117 Å². The number of nitro groups is 1. The van der Waals surface area contributed by atoms with Crippen LogP contribution in [0.5, 0.6) is 0 Å². The van der Waals surface area contributed by atoms with Crippen molar-refractivity contribution in [3.05, 3.63) is 52.3 Å². The zero-order chi connectivity index (χ0) is 14.5. The van der Waals surface area contributed by atoms with Crippen LogP contribution in [0.25, 0.3) is 0 Å². The van der Waals surface area contributed by atoms with Crippen LogP contribution in [0, 0.1) is 10.1 Å². The smallest absolute Gasteiger partial charge is 0.404 e. The van der Waals surface area contributed by atoms with E-state index in [1.165, 1.54) is 12.1 Å². The van der Waals surface area contributed by atoms with Crippen LogP contribution in [-0.2, 0) is 6.54 Å². The fraction of sp³-hybridized carbons (Fsp3) is 0.167. The summed E-state index contributed by atoms with van der Waals surface area (Å²) in [4.78, 5) is 10.2. The molecule has 0 fully saturated rings. The van der Waals surface area contributed by atoms with Crippen LogP contribution in [0.2, 0.25) is 0 Å². The van der Waals surface area contributed by atoms with Crippen LogP contribution in [0.4, 0.5) is 20.4 Å². The third-order valence-electron chi connectivity index (χ3n) is 2.38. The third kappa shape index (κ3) is 3.70. The third-order valence-corrected chi connectivity index (χ3v) is 3.17. The summed E-state index contributed by atoms with van der Waals surface area (Å²) >= 11 is 0.436. The fourth-order valence-electron chi connectivity index (χ4n) is 1.55. The molecule has 1 N–H and O–H groups in total. The molecule has 0 aliphatic heterocycles. The molecule has 0 spiro atoms. The number of thioether (sulfide) groups is 1. The van der Waals surface area contributed by atoms with Gasteiger partial charge in [0.1, 0.15) is 10.7 Å². The maximum absolute atomic E-state index is 12.4. The van der Waals surface area contributed by atoms with Gasteiger partial charge in [0.25, 0.3) is 5.76 Å². The summed E-state index contributed by atoms with van der Waals surface area (Å²) in [5, 5.41) is 13.4. The molecule has 2 rings (SSSR count). The molecule has 0 radical (unpaired) electrons. The highest BCUT2D eigenvalue weighted by Gasteiger charge is 2.13. The van der Waals surface area contributed by atoms with E-state index >= 15 is 0 Å². The van der Waals surface area contributed by atoms with Crippen LogP contribution in [-0.4, -0.2) is 10.7 Å². The predicted molar refractivity (Wildman–Crippen MR) is 71.0 cm³/mol. The van der Waals surface area contributed by atoms with Crippen molar-refractivity contribution >= 4 is 23.3 Å². The van der Waals surface area contributed by atoms with Crippen molar-refractivity contribution in [1.29, 1.82) is 0 Å². The Morgan fingerprint density at radius 3 is 2.70 bits per heavy atom. The standard InChI is InChI=1S/C12H10F2N2O3S/c13-12(14)20-10-4-2-1-3-9(10)15-7-8-5-6-11(19-8)16(17)18/h1-6,12,15H,7H2. The van der Waals surface area contributed by atoms with Crippen LogP contribution in [0.3, 0.4) is 0 Å². The second-order valence-electron chi connectivity index (χ2n) is 3.73. The van der Waals surface area contributed by atoms with E-state index in [1.54, 1.807) is 24.3 Å². The molecule has 0 saturated carbocycles. The van der Waals surface area contributed by atoms with Crippen molar-refractivity contribution in [3.8, 4) is 0 Å². The number of hydrogen-bond donors (Lipinski definition) is 1.